The van der Waals surface area contributed by atoms with Crippen LogP contribution >= 0.6 is 0 Å². The lowest BCUT2D eigenvalue weighted by Gasteiger charge is -2.18. The molecule has 6 nitrogen and oxygen atoms in total. The molecule has 0 aliphatic rings. The lowest BCUT2D eigenvalue weighted by molar-refractivity contribution is -0.167. The zero-order valence-corrected chi connectivity index (χ0v) is 56.2. The van der Waals surface area contributed by atoms with Gasteiger partial charge in [0.15, 0.2) is 6.10 Å². The van der Waals surface area contributed by atoms with Gasteiger partial charge in [-0.05, 0) is 77.0 Å². The molecular weight excluding hydrogens is 1020 g/mol. The minimum Gasteiger partial charge on any atom is -0.462 e. The predicted molar refractivity (Wildman–Crippen MR) is 362 cm³/mol. The standard InChI is InChI=1S/C77H144O6/c1-4-7-10-13-16-19-22-25-28-31-34-36-38-40-43-46-49-52-55-58-61-64-67-70-76(79)82-73-74(72-81-75(78)69-66-63-60-57-54-51-48-45-42-33-30-27-24-21-18-15-12-9-6-3)83-77(80)71-68-65-62-59-56-53-50-47-44-41-39-37-35-32-29-26-23-20-17-14-11-8-5-2/h22,25,27,30-31,34,74H,4-21,23-24,26,28-29,32-33,35-73H2,1-3H3/b25-22-,30-27-,34-31-. The largest absolute Gasteiger partial charge is 0.462 e. The van der Waals surface area contributed by atoms with Crippen LogP contribution in [0.2, 0.25) is 0 Å². The highest BCUT2D eigenvalue weighted by atomic mass is 16.6. The van der Waals surface area contributed by atoms with Gasteiger partial charge in [-0.1, -0.05) is 359 Å². The first-order chi connectivity index (χ1) is 41.0. The summed E-state index contributed by atoms with van der Waals surface area (Å²) >= 11 is 0. The number of allylic oxidation sites excluding steroid dienone is 6. The van der Waals surface area contributed by atoms with Crippen molar-refractivity contribution in [3.63, 3.8) is 0 Å². The maximum atomic E-state index is 13.0. The summed E-state index contributed by atoms with van der Waals surface area (Å²) in [5.41, 5.74) is 0. The molecule has 488 valence electrons. The van der Waals surface area contributed by atoms with Crippen LogP contribution in [0.4, 0.5) is 0 Å². The molecule has 0 spiro atoms. The highest BCUT2D eigenvalue weighted by molar-refractivity contribution is 5.71. The van der Waals surface area contributed by atoms with E-state index in [4.69, 9.17) is 14.2 Å². The summed E-state index contributed by atoms with van der Waals surface area (Å²) in [6, 6.07) is 0. The summed E-state index contributed by atoms with van der Waals surface area (Å²) in [7, 11) is 0. The van der Waals surface area contributed by atoms with Crippen LogP contribution in [-0.2, 0) is 28.6 Å². The minimum absolute atomic E-state index is 0.0685. The molecule has 0 saturated heterocycles. The topological polar surface area (TPSA) is 78.9 Å². The molecule has 0 saturated carbocycles. The maximum Gasteiger partial charge on any atom is 0.306 e. The summed E-state index contributed by atoms with van der Waals surface area (Å²) in [5, 5.41) is 0. The Bertz CT molecular complexity index is 1380. The molecule has 6 heteroatoms. The van der Waals surface area contributed by atoms with Crippen molar-refractivity contribution in [1.82, 2.24) is 0 Å². The summed E-state index contributed by atoms with van der Waals surface area (Å²) in [6.07, 6.45) is 90.3. The number of unbranched alkanes of at least 4 members (excludes halogenated alkanes) is 53. The van der Waals surface area contributed by atoms with E-state index in [-0.39, 0.29) is 31.1 Å². The summed E-state index contributed by atoms with van der Waals surface area (Å²) in [5.74, 6) is -0.838. The lowest BCUT2D eigenvalue weighted by Crippen LogP contribution is -2.30. The van der Waals surface area contributed by atoms with Crippen LogP contribution in [0.15, 0.2) is 36.5 Å². The fraction of sp³-hybridized carbons (Fsp3) is 0.883. The Morgan fingerprint density at radius 2 is 0.434 bits per heavy atom. The van der Waals surface area contributed by atoms with Gasteiger partial charge in [-0.2, -0.15) is 0 Å². The number of ether oxygens (including phenoxy) is 3. The first-order valence-corrected chi connectivity index (χ1v) is 37.5. The van der Waals surface area contributed by atoms with E-state index >= 15 is 0 Å². The number of carbonyl (C=O) groups is 3. The van der Waals surface area contributed by atoms with Gasteiger partial charge in [-0.25, -0.2) is 0 Å². The fourth-order valence-electron chi connectivity index (χ4n) is 11.5. The molecule has 0 bridgehead atoms. The molecule has 0 aromatic heterocycles. The predicted octanol–water partition coefficient (Wildman–Crippen LogP) is 25.9. The lowest BCUT2D eigenvalue weighted by atomic mass is 10.0. The monoisotopic (exact) mass is 1170 g/mol. The molecule has 1 atom stereocenters. The highest BCUT2D eigenvalue weighted by Crippen LogP contribution is 2.19. The Hall–Kier alpha value is -2.37. The number of rotatable bonds is 70. The van der Waals surface area contributed by atoms with Crippen LogP contribution in [0, 0.1) is 0 Å². The first kappa shape index (κ1) is 80.6. The van der Waals surface area contributed by atoms with E-state index in [2.05, 4.69) is 57.2 Å². The average Bonchev–Trinajstić information content (AvgIpc) is 3.49. The van der Waals surface area contributed by atoms with Crippen molar-refractivity contribution in [2.75, 3.05) is 13.2 Å². The molecule has 0 N–H and O–H groups in total. The number of carbonyl (C=O) groups excluding carboxylic acids is 3. The molecule has 0 heterocycles. The molecule has 0 amide bonds. The normalized spacial score (nSPS) is 12.2. The minimum atomic E-state index is -0.773. The third-order valence-corrected chi connectivity index (χ3v) is 17.1. The Labute approximate surface area is 518 Å². The third-order valence-electron chi connectivity index (χ3n) is 17.1. The number of esters is 3. The summed E-state index contributed by atoms with van der Waals surface area (Å²) in [6.45, 7) is 6.71. The Morgan fingerprint density at radius 3 is 0.675 bits per heavy atom. The second-order valence-corrected chi connectivity index (χ2v) is 25.6. The second kappa shape index (κ2) is 72.1. The Balaban J connectivity index is 4.31. The Morgan fingerprint density at radius 1 is 0.241 bits per heavy atom. The van der Waals surface area contributed by atoms with Crippen LogP contribution in [-0.4, -0.2) is 37.2 Å². The smallest absolute Gasteiger partial charge is 0.306 e. The number of hydrogen-bond donors (Lipinski definition) is 0. The van der Waals surface area contributed by atoms with Crippen molar-refractivity contribution in [1.29, 1.82) is 0 Å². The molecule has 1 unspecified atom stereocenters. The molecule has 0 aromatic rings. The number of hydrogen-bond acceptors (Lipinski definition) is 6. The van der Waals surface area contributed by atoms with Crippen molar-refractivity contribution in [2.45, 2.75) is 425 Å². The quantitative estimate of drug-likeness (QED) is 0.0261. The van der Waals surface area contributed by atoms with E-state index in [0.29, 0.717) is 19.3 Å². The van der Waals surface area contributed by atoms with Crippen molar-refractivity contribution >= 4 is 17.9 Å². The van der Waals surface area contributed by atoms with Crippen LogP contribution in [0.5, 0.6) is 0 Å². The van der Waals surface area contributed by atoms with Crippen LogP contribution in [0.25, 0.3) is 0 Å². The molecule has 83 heavy (non-hydrogen) atoms. The molecule has 0 rings (SSSR count). The van der Waals surface area contributed by atoms with E-state index in [0.717, 1.165) is 64.2 Å². The molecule has 0 fully saturated rings. The Kier molecular flexibility index (Phi) is 70.0. The van der Waals surface area contributed by atoms with E-state index in [9.17, 15) is 14.4 Å². The zero-order chi connectivity index (χ0) is 59.9. The third kappa shape index (κ3) is 70.3. The SMILES string of the molecule is CCCCCCC/C=C\C/C=C\CCCCCCCCCCCCCC(=O)OCC(COC(=O)CCCCCCCCCCC/C=C\CCCCCCCC)OC(=O)CCCCCCCCCCCCCCCCCCCCCCCCC. The highest BCUT2D eigenvalue weighted by Gasteiger charge is 2.20. The van der Waals surface area contributed by atoms with Gasteiger partial charge in [-0.15, -0.1) is 0 Å². The van der Waals surface area contributed by atoms with Gasteiger partial charge < -0.3 is 14.2 Å². The van der Waals surface area contributed by atoms with Gasteiger partial charge >= 0.3 is 17.9 Å². The second-order valence-electron chi connectivity index (χ2n) is 25.6. The molecule has 0 aliphatic carbocycles. The van der Waals surface area contributed by atoms with Gasteiger partial charge in [0.05, 0.1) is 0 Å². The zero-order valence-electron chi connectivity index (χ0n) is 56.2. The van der Waals surface area contributed by atoms with E-state index in [1.807, 2.05) is 0 Å². The van der Waals surface area contributed by atoms with E-state index in [1.165, 1.54) is 315 Å². The van der Waals surface area contributed by atoms with Gasteiger partial charge in [0.2, 0.25) is 0 Å². The van der Waals surface area contributed by atoms with Gasteiger partial charge in [0.25, 0.3) is 0 Å². The summed E-state index contributed by atoms with van der Waals surface area (Å²) in [4.78, 5) is 38.6. The first-order valence-electron chi connectivity index (χ1n) is 37.5. The molecule has 0 radical (unpaired) electrons. The van der Waals surface area contributed by atoms with E-state index < -0.39 is 6.10 Å². The van der Waals surface area contributed by atoms with Crippen molar-refractivity contribution in [3.8, 4) is 0 Å². The van der Waals surface area contributed by atoms with Gasteiger partial charge in [-0.3, -0.25) is 14.4 Å². The molecule has 0 aromatic carbocycles. The molecule has 0 aliphatic heterocycles. The van der Waals surface area contributed by atoms with E-state index in [1.54, 1.807) is 0 Å². The van der Waals surface area contributed by atoms with Crippen LogP contribution < -0.4 is 0 Å². The van der Waals surface area contributed by atoms with Crippen molar-refractivity contribution in [3.05, 3.63) is 36.5 Å². The van der Waals surface area contributed by atoms with Gasteiger partial charge in [0, 0.05) is 19.3 Å². The molecular formula is C77H144O6. The fourth-order valence-corrected chi connectivity index (χ4v) is 11.5. The van der Waals surface area contributed by atoms with Crippen molar-refractivity contribution in [2.24, 2.45) is 0 Å². The van der Waals surface area contributed by atoms with Crippen LogP contribution in [0.1, 0.15) is 419 Å². The van der Waals surface area contributed by atoms with Crippen molar-refractivity contribution < 1.29 is 28.6 Å². The average molecular weight is 1170 g/mol. The van der Waals surface area contributed by atoms with Crippen LogP contribution in [0.3, 0.4) is 0 Å². The maximum absolute atomic E-state index is 13.0. The summed E-state index contributed by atoms with van der Waals surface area (Å²) < 4.78 is 17.1. The van der Waals surface area contributed by atoms with Gasteiger partial charge in [0.1, 0.15) is 13.2 Å².